The lowest BCUT2D eigenvalue weighted by Crippen LogP contribution is -2.19. The van der Waals surface area contributed by atoms with Gasteiger partial charge in [0, 0.05) is 6.54 Å². The summed E-state index contributed by atoms with van der Waals surface area (Å²) in [5.41, 5.74) is 0.784. The van der Waals surface area contributed by atoms with Crippen LogP contribution in [0.25, 0.3) is 0 Å². The molecule has 5 nitrogen and oxygen atoms in total. The van der Waals surface area contributed by atoms with Gasteiger partial charge in [0.25, 0.3) is 0 Å². The van der Waals surface area contributed by atoms with E-state index in [4.69, 9.17) is 10.00 Å². The fraction of sp³-hybridized carbons (Fsp3) is 0.385. The van der Waals surface area contributed by atoms with Crippen LogP contribution in [0.4, 0.5) is 5.69 Å². The van der Waals surface area contributed by atoms with E-state index in [1.165, 1.54) is 11.8 Å². The number of nitrogens with one attached hydrogen (secondary N) is 1. The van der Waals surface area contributed by atoms with Crippen molar-refractivity contribution in [3.05, 3.63) is 24.3 Å². The lowest BCUT2D eigenvalue weighted by molar-refractivity contribution is 0.261. The minimum atomic E-state index is 0.573. The normalized spacial score (nSPS) is 11.2. The Kier molecular flexibility index (Phi) is 6.79. The minimum absolute atomic E-state index is 0.573. The molecular weight excluding hydrogens is 260 g/mol. The molecule has 0 aliphatic rings. The summed E-state index contributed by atoms with van der Waals surface area (Å²) in [6.45, 7) is 1.53. The Hall–Kier alpha value is -1.71. The zero-order chi connectivity index (χ0) is 14.1. The van der Waals surface area contributed by atoms with E-state index in [0.717, 1.165) is 18.0 Å². The highest BCUT2D eigenvalue weighted by atomic mass is 32.2. The Morgan fingerprint density at radius 2 is 2.11 bits per heavy atom. The predicted molar refractivity (Wildman–Crippen MR) is 79.8 cm³/mol. The van der Waals surface area contributed by atoms with E-state index in [9.17, 15) is 0 Å². The summed E-state index contributed by atoms with van der Waals surface area (Å²) in [7, 11) is 4.01. The van der Waals surface area contributed by atoms with Crippen LogP contribution in [0.1, 0.15) is 0 Å². The van der Waals surface area contributed by atoms with Gasteiger partial charge in [-0.15, -0.1) is 0 Å². The van der Waals surface area contributed by atoms with Gasteiger partial charge in [-0.3, -0.25) is 5.32 Å². The van der Waals surface area contributed by atoms with E-state index < -0.39 is 0 Å². The van der Waals surface area contributed by atoms with Gasteiger partial charge >= 0.3 is 0 Å². The Balaban J connectivity index is 2.58. The number of nitrogens with zero attached hydrogens (tertiary/aromatic N) is 3. The van der Waals surface area contributed by atoms with Gasteiger partial charge in [0.1, 0.15) is 12.4 Å². The monoisotopic (exact) mass is 278 g/mol. The van der Waals surface area contributed by atoms with Crippen molar-refractivity contribution < 1.29 is 4.74 Å². The van der Waals surface area contributed by atoms with Crippen molar-refractivity contribution in [2.75, 3.05) is 33.5 Å². The van der Waals surface area contributed by atoms with E-state index in [1.54, 1.807) is 0 Å². The third-order valence-corrected chi connectivity index (χ3v) is 2.81. The summed E-state index contributed by atoms with van der Waals surface area (Å²) in [5, 5.41) is 11.6. The number of rotatable bonds is 5. The van der Waals surface area contributed by atoms with Crippen molar-refractivity contribution in [3.8, 4) is 11.9 Å². The molecule has 0 radical (unpaired) electrons. The highest BCUT2D eigenvalue weighted by molar-refractivity contribution is 8.13. The molecular formula is C13H18N4OS. The lowest BCUT2D eigenvalue weighted by Gasteiger charge is -2.10. The lowest BCUT2D eigenvalue weighted by atomic mass is 10.3. The molecule has 0 atom stereocenters. The average molecular weight is 278 g/mol. The Bertz CT molecular complexity index is 451. The fourth-order valence-electron chi connectivity index (χ4n) is 1.25. The van der Waals surface area contributed by atoms with Crippen molar-refractivity contribution in [2.24, 2.45) is 4.99 Å². The molecule has 1 rings (SSSR count). The first-order valence-corrected chi connectivity index (χ1v) is 7.03. The summed E-state index contributed by atoms with van der Waals surface area (Å²) < 4.78 is 5.59. The maximum atomic E-state index is 8.55. The van der Waals surface area contributed by atoms with Gasteiger partial charge in [0.05, 0.1) is 5.69 Å². The zero-order valence-electron chi connectivity index (χ0n) is 11.4. The summed E-state index contributed by atoms with van der Waals surface area (Å²) in [4.78, 5) is 6.37. The maximum Gasteiger partial charge on any atom is 0.183 e. The van der Waals surface area contributed by atoms with Gasteiger partial charge in [-0.05, 0) is 44.6 Å². The van der Waals surface area contributed by atoms with Gasteiger partial charge in [-0.25, -0.2) is 4.99 Å². The van der Waals surface area contributed by atoms with E-state index in [2.05, 4.69) is 15.2 Å². The maximum absolute atomic E-state index is 8.55. The molecule has 0 saturated carbocycles. The molecule has 0 aliphatic heterocycles. The number of hydrogen-bond acceptors (Lipinski definition) is 5. The second kappa shape index (κ2) is 8.40. The minimum Gasteiger partial charge on any atom is -0.492 e. The zero-order valence-corrected chi connectivity index (χ0v) is 12.2. The molecule has 0 heterocycles. The third kappa shape index (κ3) is 6.13. The van der Waals surface area contributed by atoms with Crippen LogP contribution in [0.5, 0.6) is 5.75 Å². The van der Waals surface area contributed by atoms with E-state index >= 15 is 0 Å². The first-order valence-electron chi connectivity index (χ1n) is 5.81. The Morgan fingerprint density at radius 3 is 2.63 bits per heavy atom. The fourth-order valence-corrected chi connectivity index (χ4v) is 1.60. The molecule has 0 fully saturated rings. The van der Waals surface area contributed by atoms with Gasteiger partial charge in [0.15, 0.2) is 11.4 Å². The topological polar surface area (TPSA) is 60.6 Å². The van der Waals surface area contributed by atoms with Crippen molar-refractivity contribution in [1.29, 1.82) is 5.26 Å². The highest BCUT2D eigenvalue weighted by Crippen LogP contribution is 2.19. The molecule has 0 saturated heterocycles. The second-order valence-corrected chi connectivity index (χ2v) is 4.80. The summed E-state index contributed by atoms with van der Waals surface area (Å²) in [6.07, 6.45) is 3.72. The van der Waals surface area contributed by atoms with E-state index in [0.29, 0.717) is 11.8 Å². The van der Waals surface area contributed by atoms with Crippen LogP contribution >= 0.6 is 11.8 Å². The van der Waals surface area contributed by atoms with Crippen LogP contribution in [0, 0.1) is 11.5 Å². The van der Waals surface area contributed by atoms with Gasteiger partial charge in [-0.2, -0.15) is 5.26 Å². The number of aliphatic imine (C=N–C) groups is 1. The summed E-state index contributed by atoms with van der Waals surface area (Å²) in [6, 6.07) is 7.47. The number of thioether (sulfide) groups is 1. The van der Waals surface area contributed by atoms with Crippen LogP contribution in [-0.4, -0.2) is 43.6 Å². The molecule has 102 valence electrons. The van der Waals surface area contributed by atoms with Crippen molar-refractivity contribution >= 4 is 22.6 Å². The first-order chi connectivity index (χ1) is 9.15. The molecule has 1 N–H and O–H groups in total. The number of hydrogen-bond donors (Lipinski definition) is 1. The molecule has 1 aromatic carbocycles. The smallest absolute Gasteiger partial charge is 0.183 e. The summed E-state index contributed by atoms with van der Waals surface area (Å²) in [5.74, 6) is 0.819. The molecule has 1 aromatic rings. The number of ether oxygens (including phenoxy) is 1. The number of likely N-dealkylation sites (N-methyl/N-ethyl adjacent to an activating group) is 1. The second-order valence-electron chi connectivity index (χ2n) is 4.00. The molecule has 19 heavy (non-hydrogen) atoms. The predicted octanol–water partition coefficient (Wildman–Crippen LogP) is 2.05. The highest BCUT2D eigenvalue weighted by Gasteiger charge is 1.98. The van der Waals surface area contributed by atoms with Crippen LogP contribution in [-0.2, 0) is 0 Å². The summed E-state index contributed by atoms with van der Waals surface area (Å²) >= 11 is 1.39. The van der Waals surface area contributed by atoms with Crippen molar-refractivity contribution in [3.63, 3.8) is 0 Å². The largest absolute Gasteiger partial charge is 0.492 e. The van der Waals surface area contributed by atoms with Crippen molar-refractivity contribution in [2.45, 2.75) is 0 Å². The van der Waals surface area contributed by atoms with Crippen molar-refractivity contribution in [1.82, 2.24) is 10.2 Å². The first kappa shape index (κ1) is 15.3. The van der Waals surface area contributed by atoms with E-state index in [1.807, 2.05) is 50.8 Å². The molecule has 0 spiro atoms. The van der Waals surface area contributed by atoms with Gasteiger partial charge < -0.3 is 9.64 Å². The standard InChI is InChI=1S/C13H18N4OS/c1-17(2)8-9-18-12-6-4-11(5-7-12)16-13(19-3)15-10-14/h4-7H,8-9H2,1-3H3,(H,15,16). The molecule has 0 unspecified atom stereocenters. The Morgan fingerprint density at radius 1 is 1.42 bits per heavy atom. The van der Waals surface area contributed by atoms with Crippen LogP contribution in [0.15, 0.2) is 29.3 Å². The van der Waals surface area contributed by atoms with E-state index in [-0.39, 0.29) is 0 Å². The van der Waals surface area contributed by atoms with Crippen LogP contribution < -0.4 is 10.1 Å². The van der Waals surface area contributed by atoms with Crippen LogP contribution in [0.2, 0.25) is 0 Å². The van der Waals surface area contributed by atoms with Crippen LogP contribution in [0.3, 0.4) is 0 Å². The average Bonchev–Trinajstić information content (AvgIpc) is 2.39. The number of amidine groups is 1. The molecule has 0 aliphatic carbocycles. The SMILES string of the molecule is CSC(=Nc1ccc(OCCN(C)C)cc1)NC#N. The third-order valence-electron chi connectivity index (χ3n) is 2.23. The van der Waals surface area contributed by atoms with Gasteiger partial charge in [0.2, 0.25) is 0 Å². The Labute approximate surface area is 118 Å². The van der Waals surface area contributed by atoms with Gasteiger partial charge in [-0.1, -0.05) is 11.8 Å². The quantitative estimate of drug-likeness (QED) is 0.386. The molecule has 6 heteroatoms. The number of nitriles is 1. The number of benzene rings is 1. The molecule has 0 aromatic heterocycles. The molecule has 0 amide bonds. The molecule has 0 bridgehead atoms.